The molecule has 23 heavy (non-hydrogen) atoms. The number of nitrogens with one attached hydrogen (secondary N) is 1. The number of carbonyl (C=O) groups is 1. The predicted octanol–water partition coefficient (Wildman–Crippen LogP) is 2.79. The zero-order chi connectivity index (χ0) is 16.6. The summed E-state index contributed by atoms with van der Waals surface area (Å²) in [5.41, 5.74) is 5.16. The first-order valence-electron chi connectivity index (χ1n) is 7.04. The van der Waals surface area contributed by atoms with Crippen molar-refractivity contribution in [2.24, 2.45) is 5.10 Å². The number of aromatic nitrogens is 2. The quantitative estimate of drug-likeness (QED) is 0.573. The summed E-state index contributed by atoms with van der Waals surface area (Å²) in [5.74, 6) is -0.521. The average molecular weight is 328 g/mol. The van der Waals surface area contributed by atoms with E-state index in [1.54, 1.807) is 29.7 Å². The van der Waals surface area contributed by atoms with Crippen molar-refractivity contribution in [2.45, 2.75) is 20.8 Å². The number of aryl methyl sites for hydroxylation is 3. The Morgan fingerprint density at radius 1 is 1.39 bits per heavy atom. The molecule has 0 aliphatic heterocycles. The molecule has 6 nitrogen and oxygen atoms in total. The number of carbonyl (C=O) groups excluding carboxylic acids is 1. The van der Waals surface area contributed by atoms with Crippen molar-refractivity contribution < 1.29 is 9.90 Å². The molecule has 0 radical (unpaired) electrons. The summed E-state index contributed by atoms with van der Waals surface area (Å²) >= 11 is 1.60. The van der Waals surface area contributed by atoms with Crippen molar-refractivity contribution in [3.63, 3.8) is 0 Å². The van der Waals surface area contributed by atoms with Crippen LogP contribution in [0.15, 0.2) is 29.5 Å². The minimum atomic E-state index is -0.460. The molecule has 3 rings (SSSR count). The van der Waals surface area contributed by atoms with E-state index >= 15 is 0 Å². The third-order valence-electron chi connectivity index (χ3n) is 3.41. The molecule has 1 amide bonds. The number of phenolic OH excluding ortho intramolecular Hbond substituents is 1. The molecule has 118 valence electrons. The summed E-state index contributed by atoms with van der Waals surface area (Å²) in [5, 5.41) is 13.8. The Morgan fingerprint density at radius 2 is 2.17 bits per heavy atom. The molecule has 1 aromatic carbocycles. The van der Waals surface area contributed by atoms with Gasteiger partial charge in [0.05, 0.1) is 23.2 Å². The first kappa shape index (κ1) is 15.2. The zero-order valence-electron chi connectivity index (χ0n) is 13.0. The Hall–Kier alpha value is -2.67. The molecule has 2 N–H and O–H groups in total. The van der Waals surface area contributed by atoms with Gasteiger partial charge in [0, 0.05) is 11.1 Å². The van der Waals surface area contributed by atoms with Gasteiger partial charge in [-0.25, -0.2) is 10.4 Å². The minimum Gasteiger partial charge on any atom is -0.507 e. The topological polar surface area (TPSA) is 79.0 Å². The van der Waals surface area contributed by atoms with Gasteiger partial charge < -0.3 is 5.11 Å². The van der Waals surface area contributed by atoms with E-state index < -0.39 is 5.91 Å². The van der Waals surface area contributed by atoms with Crippen LogP contribution in [0.2, 0.25) is 0 Å². The second-order valence-electron chi connectivity index (χ2n) is 5.30. The number of amides is 1. The van der Waals surface area contributed by atoms with Crippen LogP contribution in [-0.2, 0) is 0 Å². The molecule has 0 bridgehead atoms. The number of imidazole rings is 1. The van der Waals surface area contributed by atoms with Gasteiger partial charge >= 0.3 is 0 Å². The number of hydrogen-bond donors (Lipinski definition) is 2. The number of hydrazone groups is 1. The van der Waals surface area contributed by atoms with E-state index in [9.17, 15) is 9.90 Å². The minimum absolute atomic E-state index is 0.0610. The van der Waals surface area contributed by atoms with E-state index in [2.05, 4.69) is 15.5 Å². The van der Waals surface area contributed by atoms with Gasteiger partial charge in [-0.05, 0) is 38.5 Å². The van der Waals surface area contributed by atoms with Crippen molar-refractivity contribution in [1.82, 2.24) is 14.8 Å². The lowest BCUT2D eigenvalue weighted by Gasteiger charge is -2.03. The van der Waals surface area contributed by atoms with Crippen molar-refractivity contribution >= 4 is 28.4 Å². The van der Waals surface area contributed by atoms with Crippen molar-refractivity contribution in [3.8, 4) is 5.75 Å². The molecule has 0 saturated carbocycles. The summed E-state index contributed by atoms with van der Waals surface area (Å²) in [6.45, 7) is 5.75. The molecule has 0 atom stereocenters. The Labute approximate surface area is 137 Å². The van der Waals surface area contributed by atoms with E-state index in [1.807, 2.05) is 31.4 Å². The van der Waals surface area contributed by atoms with Crippen LogP contribution in [0, 0.1) is 20.8 Å². The Bertz CT molecular complexity index is 924. The molecular formula is C16H16N4O2S. The normalized spacial score (nSPS) is 11.4. The van der Waals surface area contributed by atoms with Gasteiger partial charge in [0.2, 0.25) is 0 Å². The SMILES string of the molecule is Cc1ccc(C(=O)NN=Cc2c(C)nc3sc(C)cn23)c(O)c1. The summed E-state index contributed by atoms with van der Waals surface area (Å²) in [6.07, 6.45) is 3.54. The van der Waals surface area contributed by atoms with Crippen LogP contribution in [0.25, 0.3) is 4.96 Å². The number of rotatable bonds is 3. The monoisotopic (exact) mass is 328 g/mol. The largest absolute Gasteiger partial charge is 0.507 e. The summed E-state index contributed by atoms with van der Waals surface area (Å²) < 4.78 is 1.94. The summed E-state index contributed by atoms with van der Waals surface area (Å²) in [7, 11) is 0. The molecule has 0 fully saturated rings. The number of phenols is 1. The van der Waals surface area contributed by atoms with Gasteiger partial charge in [-0.2, -0.15) is 5.10 Å². The van der Waals surface area contributed by atoms with Crippen LogP contribution in [-0.4, -0.2) is 26.6 Å². The van der Waals surface area contributed by atoms with Gasteiger partial charge in [0.15, 0.2) is 4.96 Å². The number of nitrogens with zero attached hydrogens (tertiary/aromatic N) is 3. The second kappa shape index (κ2) is 5.85. The molecule has 2 heterocycles. The highest BCUT2D eigenvalue weighted by molar-refractivity contribution is 7.17. The van der Waals surface area contributed by atoms with Crippen LogP contribution in [0.4, 0.5) is 0 Å². The molecule has 0 aliphatic rings. The number of thiazole rings is 1. The standard InChI is InChI=1S/C16H16N4O2S/c1-9-4-5-12(14(21)6-9)15(22)19-17-7-13-11(3)18-16-20(13)8-10(2)23-16/h4-8,21H,1-3H3,(H,19,22). The maximum absolute atomic E-state index is 12.1. The van der Waals surface area contributed by atoms with Crippen LogP contribution in [0.1, 0.15) is 32.2 Å². The van der Waals surface area contributed by atoms with Gasteiger partial charge in [-0.15, -0.1) is 11.3 Å². The fraction of sp³-hybridized carbons (Fsp3) is 0.188. The second-order valence-corrected chi connectivity index (χ2v) is 6.51. The molecular weight excluding hydrogens is 312 g/mol. The van der Waals surface area contributed by atoms with E-state index in [4.69, 9.17) is 0 Å². The number of fused-ring (bicyclic) bond motifs is 1. The third-order valence-corrected chi connectivity index (χ3v) is 4.31. The lowest BCUT2D eigenvalue weighted by Crippen LogP contribution is -2.18. The number of aromatic hydroxyl groups is 1. The first-order valence-corrected chi connectivity index (χ1v) is 7.85. The molecule has 0 aliphatic carbocycles. The van der Waals surface area contributed by atoms with Crippen molar-refractivity contribution in [2.75, 3.05) is 0 Å². The van der Waals surface area contributed by atoms with E-state index in [1.165, 1.54) is 6.07 Å². The van der Waals surface area contributed by atoms with Crippen molar-refractivity contribution in [1.29, 1.82) is 0 Å². The molecule has 0 spiro atoms. The van der Waals surface area contributed by atoms with Gasteiger partial charge in [0.1, 0.15) is 5.75 Å². The highest BCUT2D eigenvalue weighted by Crippen LogP contribution is 2.20. The molecule has 0 saturated heterocycles. The van der Waals surface area contributed by atoms with Crippen LogP contribution < -0.4 is 5.43 Å². The van der Waals surface area contributed by atoms with E-state index in [0.29, 0.717) is 0 Å². The molecule has 0 unspecified atom stereocenters. The fourth-order valence-electron chi connectivity index (χ4n) is 2.28. The Balaban J connectivity index is 1.80. The molecule has 2 aromatic heterocycles. The summed E-state index contributed by atoms with van der Waals surface area (Å²) in [4.78, 5) is 18.5. The Kier molecular flexibility index (Phi) is 3.87. The lowest BCUT2D eigenvalue weighted by atomic mass is 10.1. The maximum atomic E-state index is 12.1. The van der Waals surface area contributed by atoms with E-state index in [0.717, 1.165) is 26.8 Å². The molecule has 3 aromatic rings. The molecule has 7 heteroatoms. The highest BCUT2D eigenvalue weighted by atomic mass is 32.1. The fourth-order valence-corrected chi connectivity index (χ4v) is 3.16. The number of hydrogen-bond acceptors (Lipinski definition) is 5. The van der Waals surface area contributed by atoms with Gasteiger partial charge in [0.25, 0.3) is 5.91 Å². The first-order chi connectivity index (χ1) is 11.0. The zero-order valence-corrected chi connectivity index (χ0v) is 13.8. The smallest absolute Gasteiger partial charge is 0.275 e. The third kappa shape index (κ3) is 2.95. The maximum Gasteiger partial charge on any atom is 0.275 e. The van der Waals surface area contributed by atoms with Crippen LogP contribution >= 0.6 is 11.3 Å². The Morgan fingerprint density at radius 3 is 2.91 bits per heavy atom. The highest BCUT2D eigenvalue weighted by Gasteiger charge is 2.11. The van der Waals surface area contributed by atoms with Gasteiger partial charge in [-0.3, -0.25) is 9.20 Å². The average Bonchev–Trinajstić information content (AvgIpc) is 2.95. The van der Waals surface area contributed by atoms with Gasteiger partial charge in [-0.1, -0.05) is 6.07 Å². The number of benzene rings is 1. The van der Waals surface area contributed by atoms with Crippen LogP contribution in [0.3, 0.4) is 0 Å². The lowest BCUT2D eigenvalue weighted by molar-refractivity contribution is 0.0952. The summed E-state index contributed by atoms with van der Waals surface area (Å²) in [6, 6.07) is 4.87. The van der Waals surface area contributed by atoms with Crippen molar-refractivity contribution in [3.05, 3.63) is 51.8 Å². The van der Waals surface area contributed by atoms with E-state index in [-0.39, 0.29) is 11.3 Å². The van der Waals surface area contributed by atoms with Crippen LogP contribution in [0.5, 0.6) is 5.75 Å². The predicted molar refractivity (Wildman–Crippen MR) is 90.4 cm³/mol.